The molecule has 1 aromatic carbocycles. The van der Waals surface area contributed by atoms with Gasteiger partial charge < -0.3 is 11.1 Å². The van der Waals surface area contributed by atoms with Crippen molar-refractivity contribution in [1.29, 1.82) is 0 Å². The Hall–Kier alpha value is -2.02. The summed E-state index contributed by atoms with van der Waals surface area (Å²) >= 11 is 0. The van der Waals surface area contributed by atoms with Gasteiger partial charge in [0.2, 0.25) is 5.91 Å². The third-order valence-electron chi connectivity index (χ3n) is 2.48. The summed E-state index contributed by atoms with van der Waals surface area (Å²) in [5.74, 6) is -1.04. The lowest BCUT2D eigenvalue weighted by Gasteiger charge is -2.14. The van der Waals surface area contributed by atoms with Gasteiger partial charge in [-0.2, -0.15) is 0 Å². The predicted octanol–water partition coefficient (Wildman–Crippen LogP) is 2.05. The Labute approximate surface area is 109 Å². The fourth-order valence-electron chi connectivity index (χ4n) is 1.60. The van der Waals surface area contributed by atoms with Crippen LogP contribution in [0.3, 0.4) is 0 Å². The molecule has 0 aliphatic heterocycles. The number of nitro groups is 1. The maximum Gasteiger partial charge on any atom is 0.295 e. The number of nitro benzene ring substituents is 1. The number of hydrogen-bond donors (Lipinski definition) is 2. The smallest absolute Gasteiger partial charge is 0.295 e. The Morgan fingerprint density at radius 3 is 2.68 bits per heavy atom. The van der Waals surface area contributed by atoms with Crippen molar-refractivity contribution < 1.29 is 14.1 Å². The number of carbonyl (C=O) groups is 1. The molecule has 1 unspecified atom stereocenters. The minimum absolute atomic E-state index is 0.0596. The molecule has 1 aromatic rings. The largest absolute Gasteiger partial charge is 0.320 e. The Morgan fingerprint density at radius 2 is 2.16 bits per heavy atom. The Morgan fingerprint density at radius 1 is 1.53 bits per heavy atom. The molecule has 7 heteroatoms. The van der Waals surface area contributed by atoms with Crippen molar-refractivity contribution in [3.8, 4) is 0 Å². The van der Waals surface area contributed by atoms with Crippen LogP contribution in [-0.4, -0.2) is 16.9 Å². The van der Waals surface area contributed by atoms with Crippen molar-refractivity contribution in [1.82, 2.24) is 0 Å². The highest BCUT2D eigenvalue weighted by Gasteiger charge is 2.20. The number of rotatable bonds is 5. The van der Waals surface area contributed by atoms with E-state index in [2.05, 4.69) is 5.32 Å². The molecule has 0 spiro atoms. The highest BCUT2D eigenvalue weighted by molar-refractivity contribution is 5.96. The van der Waals surface area contributed by atoms with Gasteiger partial charge in [0.25, 0.3) is 5.69 Å². The number of nitrogens with two attached hydrogens (primary N) is 1. The van der Waals surface area contributed by atoms with E-state index in [1.165, 1.54) is 0 Å². The van der Waals surface area contributed by atoms with Gasteiger partial charge in [0.05, 0.1) is 17.0 Å². The van der Waals surface area contributed by atoms with Gasteiger partial charge in [0.15, 0.2) is 0 Å². The Balaban J connectivity index is 2.87. The maximum atomic E-state index is 12.9. The maximum absolute atomic E-state index is 12.9. The van der Waals surface area contributed by atoms with Gasteiger partial charge in [0.1, 0.15) is 11.5 Å². The molecule has 0 bridgehead atoms. The van der Waals surface area contributed by atoms with Crippen LogP contribution in [0, 0.1) is 21.8 Å². The zero-order valence-electron chi connectivity index (χ0n) is 10.7. The Bertz CT molecular complexity index is 491. The van der Waals surface area contributed by atoms with E-state index in [1.54, 1.807) is 0 Å². The molecule has 19 heavy (non-hydrogen) atoms. The number of amides is 1. The number of halogens is 1. The van der Waals surface area contributed by atoms with Crippen molar-refractivity contribution >= 4 is 17.3 Å². The summed E-state index contributed by atoms with van der Waals surface area (Å²) in [6.07, 6.45) is 0.459. The number of anilines is 1. The predicted molar refractivity (Wildman–Crippen MR) is 69.1 cm³/mol. The molecule has 1 amide bonds. The summed E-state index contributed by atoms with van der Waals surface area (Å²) in [6, 6.07) is 2.18. The van der Waals surface area contributed by atoms with E-state index in [-0.39, 0.29) is 11.6 Å². The number of nitrogens with one attached hydrogen (secondary N) is 1. The van der Waals surface area contributed by atoms with Crippen LogP contribution in [0.2, 0.25) is 0 Å². The first-order chi connectivity index (χ1) is 8.81. The SMILES string of the molecule is CC(C)CC(N)C(=O)Nc1ccc(F)cc1[N+](=O)[O-]. The first-order valence-electron chi connectivity index (χ1n) is 5.81. The normalized spacial score (nSPS) is 12.3. The van der Waals surface area contributed by atoms with E-state index in [4.69, 9.17) is 5.73 Å². The van der Waals surface area contributed by atoms with E-state index in [0.29, 0.717) is 6.42 Å². The summed E-state index contributed by atoms with van der Waals surface area (Å²) in [5, 5.41) is 13.1. The minimum atomic E-state index is -0.760. The van der Waals surface area contributed by atoms with E-state index >= 15 is 0 Å². The van der Waals surface area contributed by atoms with Crippen LogP contribution in [0.4, 0.5) is 15.8 Å². The van der Waals surface area contributed by atoms with E-state index in [0.717, 1.165) is 18.2 Å². The van der Waals surface area contributed by atoms with Gasteiger partial charge >= 0.3 is 0 Å². The summed E-state index contributed by atoms with van der Waals surface area (Å²) in [6.45, 7) is 3.82. The lowest BCUT2D eigenvalue weighted by molar-refractivity contribution is -0.384. The van der Waals surface area contributed by atoms with Crippen molar-refractivity contribution in [2.75, 3.05) is 5.32 Å². The van der Waals surface area contributed by atoms with Crippen LogP contribution >= 0.6 is 0 Å². The average molecular weight is 269 g/mol. The molecule has 0 aliphatic rings. The minimum Gasteiger partial charge on any atom is -0.320 e. The zero-order chi connectivity index (χ0) is 14.6. The number of benzene rings is 1. The fourth-order valence-corrected chi connectivity index (χ4v) is 1.60. The molecule has 104 valence electrons. The van der Waals surface area contributed by atoms with Crippen molar-refractivity contribution in [2.24, 2.45) is 11.7 Å². The first-order valence-corrected chi connectivity index (χ1v) is 5.81. The molecule has 1 rings (SSSR count). The zero-order valence-corrected chi connectivity index (χ0v) is 10.7. The lowest BCUT2D eigenvalue weighted by atomic mass is 10.0. The van der Waals surface area contributed by atoms with Gasteiger partial charge in [-0.05, 0) is 24.5 Å². The summed E-state index contributed by atoms with van der Waals surface area (Å²) in [4.78, 5) is 21.8. The number of nitrogens with zero attached hydrogens (tertiary/aromatic N) is 1. The lowest BCUT2D eigenvalue weighted by Crippen LogP contribution is -2.36. The number of hydrogen-bond acceptors (Lipinski definition) is 4. The van der Waals surface area contributed by atoms with Crippen molar-refractivity contribution in [2.45, 2.75) is 26.3 Å². The molecule has 3 N–H and O–H groups in total. The van der Waals surface area contributed by atoms with Crippen LogP contribution in [0.1, 0.15) is 20.3 Å². The molecule has 0 saturated heterocycles. The second kappa shape index (κ2) is 6.24. The van der Waals surface area contributed by atoms with Crippen LogP contribution in [-0.2, 0) is 4.79 Å². The molecule has 0 fully saturated rings. The molecular weight excluding hydrogens is 253 g/mol. The highest BCUT2D eigenvalue weighted by Crippen LogP contribution is 2.25. The molecule has 0 aliphatic carbocycles. The molecule has 6 nitrogen and oxygen atoms in total. The summed E-state index contributed by atoms with van der Waals surface area (Å²) in [7, 11) is 0. The molecule has 0 heterocycles. The third kappa shape index (κ3) is 4.29. The third-order valence-corrected chi connectivity index (χ3v) is 2.48. The van der Waals surface area contributed by atoms with Gasteiger partial charge in [-0.1, -0.05) is 13.8 Å². The second-order valence-corrected chi connectivity index (χ2v) is 4.64. The van der Waals surface area contributed by atoms with E-state index in [1.807, 2.05) is 13.8 Å². The fraction of sp³-hybridized carbons (Fsp3) is 0.417. The van der Waals surface area contributed by atoms with Gasteiger partial charge in [-0.15, -0.1) is 0 Å². The van der Waals surface area contributed by atoms with E-state index < -0.39 is 28.4 Å². The van der Waals surface area contributed by atoms with E-state index in [9.17, 15) is 19.3 Å². The summed E-state index contributed by atoms with van der Waals surface area (Å²) < 4.78 is 12.9. The van der Waals surface area contributed by atoms with Gasteiger partial charge in [-0.25, -0.2) is 4.39 Å². The topological polar surface area (TPSA) is 98.3 Å². The highest BCUT2D eigenvalue weighted by atomic mass is 19.1. The molecule has 1 atom stereocenters. The Kier molecular flexibility index (Phi) is 4.94. The quantitative estimate of drug-likeness (QED) is 0.631. The van der Waals surface area contributed by atoms with Gasteiger partial charge in [0, 0.05) is 0 Å². The van der Waals surface area contributed by atoms with Crippen LogP contribution in [0.25, 0.3) is 0 Å². The summed E-state index contributed by atoms with van der Waals surface area (Å²) in [5.41, 5.74) is 5.11. The van der Waals surface area contributed by atoms with Gasteiger partial charge in [-0.3, -0.25) is 14.9 Å². The monoisotopic (exact) mass is 269 g/mol. The van der Waals surface area contributed by atoms with Crippen LogP contribution in [0.5, 0.6) is 0 Å². The molecule has 0 aromatic heterocycles. The van der Waals surface area contributed by atoms with Crippen molar-refractivity contribution in [3.05, 3.63) is 34.1 Å². The van der Waals surface area contributed by atoms with Crippen LogP contribution in [0.15, 0.2) is 18.2 Å². The standard InChI is InChI=1S/C12H16FN3O3/c1-7(2)5-9(14)12(17)15-10-4-3-8(13)6-11(10)16(18)19/h3-4,6-7,9H,5,14H2,1-2H3,(H,15,17). The average Bonchev–Trinajstić information content (AvgIpc) is 2.30. The second-order valence-electron chi connectivity index (χ2n) is 4.64. The first kappa shape index (κ1) is 15.0. The molecular formula is C12H16FN3O3. The van der Waals surface area contributed by atoms with Crippen molar-refractivity contribution in [3.63, 3.8) is 0 Å². The van der Waals surface area contributed by atoms with Crippen LogP contribution < -0.4 is 11.1 Å². The molecule has 0 radical (unpaired) electrons. The number of carbonyl (C=O) groups excluding carboxylic acids is 1. The molecule has 0 saturated carbocycles.